The lowest BCUT2D eigenvalue weighted by Gasteiger charge is -2.21. The summed E-state index contributed by atoms with van der Waals surface area (Å²) < 4.78 is 52.6. The minimum atomic E-state index is -4.62. The van der Waals surface area contributed by atoms with E-state index in [1.807, 2.05) is 30.3 Å². The lowest BCUT2D eigenvalue weighted by molar-refractivity contribution is -0.137. The summed E-state index contributed by atoms with van der Waals surface area (Å²) in [5.41, 5.74) is 0.713. The van der Waals surface area contributed by atoms with Gasteiger partial charge in [-0.1, -0.05) is 36.4 Å². The van der Waals surface area contributed by atoms with E-state index in [1.165, 1.54) is 6.07 Å². The predicted molar refractivity (Wildman–Crippen MR) is 127 cm³/mol. The van der Waals surface area contributed by atoms with E-state index in [9.17, 15) is 13.2 Å². The number of nitriles is 2. The van der Waals surface area contributed by atoms with Gasteiger partial charge in [0.25, 0.3) is 0 Å². The summed E-state index contributed by atoms with van der Waals surface area (Å²) in [4.78, 5) is 0. The fraction of sp³-hybridized carbons (Fsp3) is 0.286. The number of hydrogen-bond acceptors (Lipinski definition) is 5. The molecule has 1 saturated heterocycles. The van der Waals surface area contributed by atoms with E-state index in [0.29, 0.717) is 43.1 Å². The van der Waals surface area contributed by atoms with Gasteiger partial charge in [-0.05, 0) is 53.9 Å². The summed E-state index contributed by atoms with van der Waals surface area (Å²) in [5.74, 6) is 0.345. The molecule has 0 amide bonds. The number of halogens is 3. The van der Waals surface area contributed by atoms with Gasteiger partial charge in [-0.15, -0.1) is 0 Å². The zero-order chi connectivity index (χ0) is 25.5. The molecule has 1 unspecified atom stereocenters. The second kappa shape index (κ2) is 11.3. The summed E-state index contributed by atoms with van der Waals surface area (Å²) in [6.07, 6.45) is -4.08. The molecular weight excluding hydrogens is 467 g/mol. The number of nitrogens with one attached hydrogen (secondary N) is 1. The van der Waals surface area contributed by atoms with Crippen LogP contribution in [0.4, 0.5) is 13.2 Å². The molecule has 3 aromatic rings. The summed E-state index contributed by atoms with van der Waals surface area (Å²) in [5, 5.41) is 21.6. The van der Waals surface area contributed by atoms with Crippen LogP contribution in [0.3, 0.4) is 0 Å². The molecule has 1 aliphatic rings. The molecule has 0 aliphatic carbocycles. The Balaban J connectivity index is 1.50. The number of rotatable bonds is 8. The van der Waals surface area contributed by atoms with Gasteiger partial charge in [0.1, 0.15) is 12.4 Å². The summed E-state index contributed by atoms with van der Waals surface area (Å²) in [7, 11) is 0. The average molecular weight is 492 g/mol. The van der Waals surface area contributed by atoms with Gasteiger partial charge >= 0.3 is 6.18 Å². The van der Waals surface area contributed by atoms with Crippen LogP contribution in [-0.2, 0) is 17.5 Å². The first kappa shape index (κ1) is 25.2. The zero-order valence-electron chi connectivity index (χ0n) is 19.3. The highest BCUT2D eigenvalue weighted by Gasteiger charge is 2.38. The second-order valence-electron chi connectivity index (χ2n) is 8.67. The van der Waals surface area contributed by atoms with E-state index < -0.39 is 17.3 Å². The van der Waals surface area contributed by atoms with Crippen molar-refractivity contribution < 1.29 is 22.6 Å². The minimum absolute atomic E-state index is 0.124. The van der Waals surface area contributed by atoms with Gasteiger partial charge in [-0.3, -0.25) is 0 Å². The van der Waals surface area contributed by atoms with E-state index in [2.05, 4.69) is 11.4 Å². The van der Waals surface area contributed by atoms with Gasteiger partial charge in [0.15, 0.2) is 0 Å². The smallest absolute Gasteiger partial charge is 0.417 e. The third-order valence-electron chi connectivity index (χ3n) is 6.22. The molecule has 3 atom stereocenters. The fourth-order valence-electron chi connectivity index (χ4n) is 4.43. The Morgan fingerprint density at radius 3 is 2.33 bits per heavy atom. The highest BCUT2D eigenvalue weighted by Crippen LogP contribution is 2.37. The number of benzene rings is 3. The highest BCUT2D eigenvalue weighted by molar-refractivity contribution is 5.43. The lowest BCUT2D eigenvalue weighted by Crippen LogP contribution is -2.37. The molecule has 4 rings (SSSR count). The van der Waals surface area contributed by atoms with E-state index in [-0.39, 0.29) is 18.0 Å². The maximum absolute atomic E-state index is 13.6. The van der Waals surface area contributed by atoms with Crippen LogP contribution in [0.15, 0.2) is 72.8 Å². The monoisotopic (exact) mass is 491 g/mol. The van der Waals surface area contributed by atoms with Crippen molar-refractivity contribution in [3.8, 4) is 17.9 Å². The largest absolute Gasteiger partial charge is 0.492 e. The molecule has 0 saturated carbocycles. The zero-order valence-corrected chi connectivity index (χ0v) is 19.3. The first-order valence-corrected chi connectivity index (χ1v) is 11.5. The molecule has 1 fully saturated rings. The highest BCUT2D eigenvalue weighted by atomic mass is 19.4. The number of hydrogen-bond donors (Lipinski definition) is 1. The Morgan fingerprint density at radius 1 is 0.917 bits per heavy atom. The van der Waals surface area contributed by atoms with Crippen molar-refractivity contribution in [3.63, 3.8) is 0 Å². The summed E-state index contributed by atoms with van der Waals surface area (Å²) in [6.45, 7) is 0.994. The summed E-state index contributed by atoms with van der Waals surface area (Å²) in [6, 6.07) is 23.6. The van der Waals surface area contributed by atoms with Gasteiger partial charge in [0.2, 0.25) is 0 Å². The molecule has 5 nitrogen and oxygen atoms in total. The average Bonchev–Trinajstić information content (AvgIpc) is 3.30. The van der Waals surface area contributed by atoms with E-state index in [1.54, 1.807) is 36.4 Å². The molecule has 0 bridgehead atoms. The van der Waals surface area contributed by atoms with Crippen molar-refractivity contribution in [2.45, 2.75) is 37.2 Å². The van der Waals surface area contributed by atoms with Crippen molar-refractivity contribution in [2.75, 3.05) is 13.2 Å². The maximum atomic E-state index is 13.6. The summed E-state index contributed by atoms with van der Waals surface area (Å²) >= 11 is 0. The molecular formula is C28H24F3N3O2. The number of ether oxygens (including phenoxy) is 2. The van der Waals surface area contributed by atoms with Crippen LogP contribution < -0.4 is 10.1 Å². The van der Waals surface area contributed by atoms with Crippen molar-refractivity contribution in [1.82, 2.24) is 5.32 Å². The quantitative estimate of drug-likeness (QED) is 0.447. The normalized spacial score (nSPS) is 19.4. The fourth-order valence-corrected chi connectivity index (χ4v) is 4.43. The van der Waals surface area contributed by atoms with Crippen LogP contribution in [0.1, 0.15) is 40.2 Å². The lowest BCUT2D eigenvalue weighted by atomic mass is 9.88. The molecule has 3 aromatic carbocycles. The molecule has 1 heterocycles. The van der Waals surface area contributed by atoms with E-state index >= 15 is 0 Å². The van der Waals surface area contributed by atoms with Crippen molar-refractivity contribution in [2.24, 2.45) is 0 Å². The number of nitrogens with zero attached hydrogens (tertiary/aromatic N) is 2. The van der Waals surface area contributed by atoms with Gasteiger partial charge in [0, 0.05) is 18.0 Å². The van der Waals surface area contributed by atoms with Gasteiger partial charge in [0.05, 0.1) is 42.0 Å². The third kappa shape index (κ3) is 6.23. The Labute approximate surface area is 207 Å². The minimum Gasteiger partial charge on any atom is -0.492 e. The SMILES string of the molecule is N#Cc1ccc(OC[C@@H]2CC(c3ccc(C#N)c(C(F)(F)F)c3)[C@H](COCc3ccccc3)N2)cc1. The van der Waals surface area contributed by atoms with Crippen LogP contribution >= 0.6 is 0 Å². The standard InChI is InChI=1S/C28H24F3N3O2/c29-28(30,31)26-12-21(8-9-22(26)15-33)25-13-23(17-36-24-10-6-19(14-32)7-11-24)34-27(25)18-35-16-20-4-2-1-3-5-20/h1-12,23,25,27,34H,13,16-18H2/t23-,25?,27-/m0/s1. The molecule has 0 spiro atoms. The predicted octanol–water partition coefficient (Wildman–Crippen LogP) is 5.56. The Morgan fingerprint density at radius 2 is 1.67 bits per heavy atom. The third-order valence-corrected chi connectivity index (χ3v) is 6.22. The van der Waals surface area contributed by atoms with Crippen LogP contribution in [-0.4, -0.2) is 25.3 Å². The Bertz CT molecular complexity index is 1250. The van der Waals surface area contributed by atoms with Crippen molar-refractivity contribution in [3.05, 3.63) is 101 Å². The van der Waals surface area contributed by atoms with Gasteiger partial charge in [-0.25, -0.2) is 0 Å². The van der Waals surface area contributed by atoms with Crippen molar-refractivity contribution >= 4 is 0 Å². The molecule has 1 N–H and O–H groups in total. The van der Waals surface area contributed by atoms with E-state index in [0.717, 1.165) is 11.6 Å². The van der Waals surface area contributed by atoms with Gasteiger partial charge in [-0.2, -0.15) is 23.7 Å². The second-order valence-corrected chi connectivity index (χ2v) is 8.67. The molecule has 0 aromatic heterocycles. The van der Waals surface area contributed by atoms with E-state index in [4.69, 9.17) is 20.0 Å². The van der Waals surface area contributed by atoms with Gasteiger partial charge < -0.3 is 14.8 Å². The van der Waals surface area contributed by atoms with Crippen LogP contribution in [0.2, 0.25) is 0 Å². The molecule has 36 heavy (non-hydrogen) atoms. The molecule has 0 radical (unpaired) electrons. The number of alkyl halides is 3. The maximum Gasteiger partial charge on any atom is 0.417 e. The molecule has 8 heteroatoms. The van der Waals surface area contributed by atoms with Crippen LogP contribution in [0.25, 0.3) is 0 Å². The Hall–Kier alpha value is -3.85. The Kier molecular flexibility index (Phi) is 7.90. The topological polar surface area (TPSA) is 78.1 Å². The van der Waals surface area contributed by atoms with Crippen molar-refractivity contribution in [1.29, 1.82) is 10.5 Å². The van der Waals surface area contributed by atoms with Crippen LogP contribution in [0, 0.1) is 22.7 Å². The van der Waals surface area contributed by atoms with Crippen LogP contribution in [0.5, 0.6) is 5.75 Å². The first-order chi connectivity index (χ1) is 17.4. The molecule has 184 valence electrons. The molecule has 1 aliphatic heterocycles. The first-order valence-electron chi connectivity index (χ1n) is 11.5.